The van der Waals surface area contributed by atoms with Crippen LogP contribution in [0.4, 0.5) is 0 Å². The number of rotatable bonds is 3. The molecule has 3 rings (SSSR count). The Labute approximate surface area is 141 Å². The Balaban J connectivity index is 2.24. The summed E-state index contributed by atoms with van der Waals surface area (Å²) in [6.07, 6.45) is 1.44. The van der Waals surface area contributed by atoms with E-state index in [2.05, 4.69) is 15.9 Å². The fraction of sp³-hybridized carbons (Fsp3) is 0.0625. The number of carboxylic acids is 1. The Bertz CT molecular complexity index is 1020. The Morgan fingerprint density at radius 3 is 2.39 bits per heavy atom. The van der Waals surface area contributed by atoms with E-state index >= 15 is 0 Å². The number of hydrogen-bond donors (Lipinski definition) is 1. The van der Waals surface area contributed by atoms with Gasteiger partial charge in [0.2, 0.25) is 0 Å². The van der Waals surface area contributed by atoms with Crippen molar-refractivity contribution in [1.82, 2.24) is 3.97 Å². The summed E-state index contributed by atoms with van der Waals surface area (Å²) in [4.78, 5) is 11.2. The number of fused-ring (bicyclic) bond motifs is 1. The molecule has 0 bridgehead atoms. The van der Waals surface area contributed by atoms with Crippen LogP contribution in [-0.4, -0.2) is 23.5 Å². The van der Waals surface area contributed by atoms with Crippen LogP contribution in [0.1, 0.15) is 15.9 Å². The third kappa shape index (κ3) is 2.66. The van der Waals surface area contributed by atoms with Crippen molar-refractivity contribution in [1.29, 1.82) is 0 Å². The largest absolute Gasteiger partial charge is 0.478 e. The molecule has 3 aromatic rings. The number of nitrogens with zero attached hydrogens (tertiary/aromatic N) is 1. The van der Waals surface area contributed by atoms with Gasteiger partial charge in [0.05, 0.1) is 16.0 Å². The zero-order valence-corrected chi connectivity index (χ0v) is 14.4. The molecule has 1 heterocycles. The van der Waals surface area contributed by atoms with Gasteiger partial charge in [0.1, 0.15) is 0 Å². The normalized spacial score (nSPS) is 11.7. The number of aromatic carboxylic acids is 1. The van der Waals surface area contributed by atoms with E-state index in [9.17, 15) is 13.2 Å². The van der Waals surface area contributed by atoms with Gasteiger partial charge in [-0.1, -0.05) is 17.7 Å². The van der Waals surface area contributed by atoms with E-state index in [0.717, 1.165) is 9.54 Å². The maximum Gasteiger partial charge on any atom is 0.335 e. The highest BCUT2D eigenvalue weighted by Gasteiger charge is 2.21. The zero-order valence-electron chi connectivity index (χ0n) is 12.0. The molecule has 0 saturated heterocycles. The summed E-state index contributed by atoms with van der Waals surface area (Å²) in [7, 11) is -3.76. The van der Waals surface area contributed by atoms with Crippen LogP contribution in [0.3, 0.4) is 0 Å². The lowest BCUT2D eigenvalue weighted by atomic mass is 10.1. The average molecular weight is 394 g/mol. The Morgan fingerprint density at radius 1 is 1.13 bits per heavy atom. The first kappa shape index (κ1) is 15.8. The van der Waals surface area contributed by atoms with Crippen LogP contribution in [0.5, 0.6) is 0 Å². The Morgan fingerprint density at radius 2 is 1.78 bits per heavy atom. The lowest BCUT2D eigenvalue weighted by molar-refractivity contribution is 0.0697. The number of carbonyl (C=O) groups is 1. The van der Waals surface area contributed by atoms with E-state index < -0.39 is 16.0 Å². The molecule has 0 aliphatic carbocycles. The molecule has 0 spiro atoms. The predicted octanol–water partition coefficient (Wildman–Crippen LogP) is 3.65. The van der Waals surface area contributed by atoms with Gasteiger partial charge < -0.3 is 5.11 Å². The predicted molar refractivity (Wildman–Crippen MR) is 90.4 cm³/mol. The summed E-state index contributed by atoms with van der Waals surface area (Å²) in [6, 6.07) is 10.9. The summed E-state index contributed by atoms with van der Waals surface area (Å²) >= 11 is 3.30. The zero-order chi connectivity index (χ0) is 16.8. The fourth-order valence-electron chi connectivity index (χ4n) is 2.32. The molecule has 23 heavy (non-hydrogen) atoms. The molecule has 0 aliphatic rings. The first-order valence-corrected chi connectivity index (χ1v) is 8.90. The van der Waals surface area contributed by atoms with Crippen molar-refractivity contribution in [2.45, 2.75) is 11.8 Å². The first-order valence-electron chi connectivity index (χ1n) is 6.67. The second-order valence-corrected chi connectivity index (χ2v) is 7.80. The molecule has 0 amide bonds. The van der Waals surface area contributed by atoms with E-state index in [4.69, 9.17) is 5.11 Å². The summed E-state index contributed by atoms with van der Waals surface area (Å²) in [6.45, 7) is 1.88. The van der Waals surface area contributed by atoms with Gasteiger partial charge in [0.25, 0.3) is 10.0 Å². The van der Waals surface area contributed by atoms with Crippen LogP contribution in [0, 0.1) is 6.92 Å². The van der Waals surface area contributed by atoms with Crippen LogP contribution < -0.4 is 0 Å². The summed E-state index contributed by atoms with van der Waals surface area (Å²) in [5.41, 5.74) is 1.49. The van der Waals surface area contributed by atoms with Gasteiger partial charge in [-0.2, -0.15) is 0 Å². The molecule has 1 aromatic heterocycles. The number of aryl methyl sites for hydroxylation is 1. The summed E-state index contributed by atoms with van der Waals surface area (Å²) < 4.78 is 27.3. The minimum Gasteiger partial charge on any atom is -0.478 e. The maximum absolute atomic E-state index is 12.8. The van der Waals surface area contributed by atoms with Crippen LogP contribution in [0.2, 0.25) is 0 Å². The third-order valence-electron chi connectivity index (χ3n) is 3.55. The fourth-order valence-corrected chi connectivity index (χ4v) is 4.34. The average Bonchev–Trinajstić information content (AvgIpc) is 2.85. The Kier molecular flexibility index (Phi) is 3.77. The van der Waals surface area contributed by atoms with Crippen molar-refractivity contribution in [3.63, 3.8) is 0 Å². The van der Waals surface area contributed by atoms with Crippen LogP contribution in [-0.2, 0) is 10.0 Å². The molecule has 0 radical (unpaired) electrons. The lowest BCUT2D eigenvalue weighted by Crippen LogP contribution is -2.11. The molecule has 0 atom stereocenters. The monoisotopic (exact) mass is 393 g/mol. The molecule has 5 nitrogen and oxygen atoms in total. The molecule has 0 saturated carbocycles. The van der Waals surface area contributed by atoms with Crippen molar-refractivity contribution in [2.75, 3.05) is 0 Å². The quantitative estimate of drug-likeness (QED) is 0.736. The number of hydrogen-bond acceptors (Lipinski definition) is 3. The molecule has 2 aromatic carbocycles. The van der Waals surface area contributed by atoms with E-state index in [1.165, 1.54) is 24.4 Å². The van der Waals surface area contributed by atoms with E-state index in [-0.39, 0.29) is 10.5 Å². The second-order valence-electron chi connectivity index (χ2n) is 5.13. The van der Waals surface area contributed by atoms with Gasteiger partial charge in [0.15, 0.2) is 0 Å². The standard InChI is InChI=1S/C16H12BrNO4S/c1-10-2-5-12(6-3-10)23(21,22)18-9-14(17)13-8-11(16(19)20)4-7-15(13)18/h2-9H,1H3,(H,19,20). The minimum atomic E-state index is -3.76. The van der Waals surface area contributed by atoms with Crippen LogP contribution in [0.25, 0.3) is 10.9 Å². The first-order chi connectivity index (χ1) is 10.8. The van der Waals surface area contributed by atoms with Crippen molar-refractivity contribution in [3.8, 4) is 0 Å². The van der Waals surface area contributed by atoms with Crippen LogP contribution in [0.15, 0.2) is 58.0 Å². The van der Waals surface area contributed by atoms with Gasteiger partial charge in [0, 0.05) is 16.1 Å². The molecular formula is C16H12BrNO4S. The molecule has 118 valence electrons. The lowest BCUT2D eigenvalue weighted by Gasteiger charge is -2.08. The Hall–Kier alpha value is -2.12. The number of halogens is 1. The van der Waals surface area contributed by atoms with Crippen molar-refractivity contribution >= 4 is 42.8 Å². The molecule has 0 fully saturated rings. The SMILES string of the molecule is Cc1ccc(S(=O)(=O)n2cc(Br)c3cc(C(=O)O)ccc32)cc1. The number of benzene rings is 2. The number of aromatic nitrogens is 1. The second kappa shape index (κ2) is 5.50. The number of carboxylic acid groups (broad SMARTS) is 1. The van der Waals surface area contributed by atoms with Gasteiger partial charge in [-0.25, -0.2) is 17.2 Å². The van der Waals surface area contributed by atoms with E-state index in [1.807, 2.05) is 6.92 Å². The topological polar surface area (TPSA) is 76.4 Å². The highest BCUT2D eigenvalue weighted by atomic mass is 79.9. The van der Waals surface area contributed by atoms with Crippen molar-refractivity contribution in [3.05, 3.63) is 64.3 Å². The smallest absolute Gasteiger partial charge is 0.335 e. The molecule has 7 heteroatoms. The van der Waals surface area contributed by atoms with Crippen LogP contribution >= 0.6 is 15.9 Å². The maximum atomic E-state index is 12.8. The van der Waals surface area contributed by atoms with Gasteiger partial charge >= 0.3 is 5.97 Å². The molecular weight excluding hydrogens is 382 g/mol. The minimum absolute atomic E-state index is 0.101. The summed E-state index contributed by atoms with van der Waals surface area (Å²) in [5.74, 6) is -1.06. The van der Waals surface area contributed by atoms with E-state index in [0.29, 0.717) is 15.4 Å². The highest BCUT2D eigenvalue weighted by Crippen LogP contribution is 2.30. The molecule has 1 N–H and O–H groups in total. The van der Waals surface area contributed by atoms with Gasteiger partial charge in [-0.3, -0.25) is 0 Å². The third-order valence-corrected chi connectivity index (χ3v) is 5.87. The van der Waals surface area contributed by atoms with Gasteiger partial charge in [-0.05, 0) is 53.2 Å². The molecule has 0 unspecified atom stereocenters. The highest BCUT2D eigenvalue weighted by molar-refractivity contribution is 9.10. The van der Waals surface area contributed by atoms with Gasteiger partial charge in [-0.15, -0.1) is 0 Å². The summed E-state index contributed by atoms with van der Waals surface area (Å²) in [5, 5.41) is 9.59. The van der Waals surface area contributed by atoms with E-state index in [1.54, 1.807) is 24.3 Å². The van der Waals surface area contributed by atoms with Crippen molar-refractivity contribution in [2.24, 2.45) is 0 Å². The molecule has 0 aliphatic heterocycles. The van der Waals surface area contributed by atoms with Crippen molar-refractivity contribution < 1.29 is 18.3 Å².